The predicted octanol–water partition coefficient (Wildman–Crippen LogP) is 0.947. The van der Waals surface area contributed by atoms with Crippen molar-refractivity contribution in [1.82, 2.24) is 9.97 Å². The zero-order valence-electron chi connectivity index (χ0n) is 8.15. The molecule has 0 unspecified atom stereocenters. The van der Waals surface area contributed by atoms with Gasteiger partial charge in [0.05, 0.1) is 6.42 Å². The topological polar surface area (TPSA) is 72.3 Å². The molecule has 0 amide bonds. The number of hydrogen-bond acceptors (Lipinski definition) is 4. The van der Waals surface area contributed by atoms with Crippen LogP contribution in [0.2, 0.25) is 0 Å². The van der Waals surface area contributed by atoms with E-state index in [1.54, 1.807) is 0 Å². The highest BCUT2D eigenvalue weighted by molar-refractivity contribution is 5.66. The Balaban J connectivity index is 2.59. The van der Waals surface area contributed by atoms with Crippen LogP contribution in [0.15, 0.2) is 6.33 Å². The molecule has 0 bridgehead atoms. The van der Waals surface area contributed by atoms with Crippen molar-refractivity contribution in [2.45, 2.75) is 20.3 Å². The monoisotopic (exact) mass is 196 g/mol. The molecule has 1 N–H and O–H groups in total. The SMILES string of the molecule is Cc1ncnc(OCCC(=O)O)c1C. The van der Waals surface area contributed by atoms with E-state index >= 15 is 0 Å². The molecule has 5 nitrogen and oxygen atoms in total. The Morgan fingerprint density at radius 2 is 2.21 bits per heavy atom. The highest BCUT2D eigenvalue weighted by Crippen LogP contribution is 2.14. The van der Waals surface area contributed by atoms with Gasteiger partial charge < -0.3 is 9.84 Å². The van der Waals surface area contributed by atoms with Crippen molar-refractivity contribution in [3.63, 3.8) is 0 Å². The third-order valence-corrected chi connectivity index (χ3v) is 1.84. The Morgan fingerprint density at radius 1 is 1.50 bits per heavy atom. The van der Waals surface area contributed by atoms with Gasteiger partial charge >= 0.3 is 5.97 Å². The number of carboxylic acid groups (broad SMARTS) is 1. The summed E-state index contributed by atoms with van der Waals surface area (Å²) in [5.41, 5.74) is 1.68. The van der Waals surface area contributed by atoms with Crippen molar-refractivity contribution >= 4 is 5.97 Å². The second-order valence-corrected chi connectivity index (χ2v) is 2.88. The standard InChI is InChI=1S/C9H12N2O3/c1-6-7(2)10-5-11-9(6)14-4-3-8(12)13/h5H,3-4H2,1-2H3,(H,12,13). The first kappa shape index (κ1) is 10.4. The lowest BCUT2D eigenvalue weighted by Gasteiger charge is -2.07. The summed E-state index contributed by atoms with van der Waals surface area (Å²) in [7, 11) is 0. The fourth-order valence-electron chi connectivity index (χ4n) is 0.897. The molecule has 5 heteroatoms. The van der Waals surface area contributed by atoms with Gasteiger partial charge in [0, 0.05) is 11.3 Å². The summed E-state index contributed by atoms with van der Waals surface area (Å²) in [5, 5.41) is 8.40. The number of aromatic nitrogens is 2. The third-order valence-electron chi connectivity index (χ3n) is 1.84. The van der Waals surface area contributed by atoms with Gasteiger partial charge in [0.25, 0.3) is 0 Å². The van der Waals surface area contributed by atoms with E-state index < -0.39 is 5.97 Å². The number of aliphatic carboxylic acids is 1. The van der Waals surface area contributed by atoms with Gasteiger partial charge in [0.1, 0.15) is 12.9 Å². The summed E-state index contributed by atoms with van der Waals surface area (Å²) in [4.78, 5) is 18.1. The molecule has 0 fully saturated rings. The molecule has 1 heterocycles. The van der Waals surface area contributed by atoms with Crippen molar-refractivity contribution in [3.8, 4) is 5.88 Å². The molecular weight excluding hydrogens is 184 g/mol. The van der Waals surface area contributed by atoms with Crippen LogP contribution >= 0.6 is 0 Å². The Morgan fingerprint density at radius 3 is 2.86 bits per heavy atom. The van der Waals surface area contributed by atoms with Crippen LogP contribution in [0.25, 0.3) is 0 Å². The van der Waals surface area contributed by atoms with E-state index in [0.29, 0.717) is 5.88 Å². The molecule has 0 saturated heterocycles. The van der Waals surface area contributed by atoms with Crippen molar-refractivity contribution < 1.29 is 14.6 Å². The van der Waals surface area contributed by atoms with E-state index in [9.17, 15) is 4.79 Å². The summed E-state index contributed by atoms with van der Waals surface area (Å²) in [6, 6.07) is 0. The Labute approximate surface area is 81.8 Å². The van der Waals surface area contributed by atoms with Gasteiger partial charge in [0.2, 0.25) is 5.88 Å². The molecule has 0 aliphatic rings. The minimum Gasteiger partial charge on any atom is -0.481 e. The van der Waals surface area contributed by atoms with E-state index in [1.807, 2.05) is 13.8 Å². The van der Waals surface area contributed by atoms with Crippen LogP contribution < -0.4 is 4.74 Å². The predicted molar refractivity (Wildman–Crippen MR) is 49.3 cm³/mol. The molecule has 0 aliphatic carbocycles. The Bertz CT molecular complexity index is 339. The number of ether oxygens (including phenoxy) is 1. The lowest BCUT2D eigenvalue weighted by molar-refractivity contribution is -0.137. The Kier molecular flexibility index (Phi) is 3.39. The molecule has 1 aromatic rings. The van der Waals surface area contributed by atoms with Crippen LogP contribution in [0.1, 0.15) is 17.7 Å². The molecule has 76 valence electrons. The summed E-state index contributed by atoms with van der Waals surface area (Å²) in [6.45, 7) is 3.82. The average molecular weight is 196 g/mol. The van der Waals surface area contributed by atoms with Crippen LogP contribution in [0, 0.1) is 13.8 Å². The quantitative estimate of drug-likeness (QED) is 0.776. The van der Waals surface area contributed by atoms with Crippen LogP contribution in [-0.2, 0) is 4.79 Å². The van der Waals surface area contributed by atoms with Gasteiger partial charge in [-0.3, -0.25) is 4.79 Å². The van der Waals surface area contributed by atoms with Gasteiger partial charge in [-0.25, -0.2) is 9.97 Å². The smallest absolute Gasteiger partial charge is 0.306 e. The van der Waals surface area contributed by atoms with Crippen molar-refractivity contribution in [2.75, 3.05) is 6.61 Å². The summed E-state index contributed by atoms with van der Waals surface area (Å²) < 4.78 is 5.20. The lowest BCUT2D eigenvalue weighted by atomic mass is 10.3. The van der Waals surface area contributed by atoms with Gasteiger partial charge in [-0.05, 0) is 13.8 Å². The zero-order chi connectivity index (χ0) is 10.6. The summed E-state index contributed by atoms with van der Waals surface area (Å²) in [6.07, 6.45) is 1.38. The van der Waals surface area contributed by atoms with Crippen LogP contribution in [0.3, 0.4) is 0 Å². The molecule has 1 rings (SSSR count). The fourth-order valence-corrected chi connectivity index (χ4v) is 0.897. The van der Waals surface area contributed by atoms with Crippen LogP contribution in [0.4, 0.5) is 0 Å². The molecular formula is C9H12N2O3. The molecule has 0 saturated carbocycles. The second kappa shape index (κ2) is 4.55. The first-order valence-corrected chi connectivity index (χ1v) is 4.24. The average Bonchev–Trinajstić information content (AvgIpc) is 2.12. The first-order chi connectivity index (χ1) is 6.61. The summed E-state index contributed by atoms with van der Waals surface area (Å²) >= 11 is 0. The number of carbonyl (C=O) groups is 1. The minimum atomic E-state index is -0.881. The minimum absolute atomic E-state index is 0.0253. The molecule has 0 aliphatic heterocycles. The van der Waals surface area contributed by atoms with Gasteiger partial charge in [-0.2, -0.15) is 0 Å². The molecule has 0 spiro atoms. The van der Waals surface area contributed by atoms with E-state index in [-0.39, 0.29) is 13.0 Å². The Hall–Kier alpha value is -1.65. The van der Waals surface area contributed by atoms with Crippen molar-refractivity contribution in [1.29, 1.82) is 0 Å². The van der Waals surface area contributed by atoms with Crippen molar-refractivity contribution in [3.05, 3.63) is 17.6 Å². The highest BCUT2D eigenvalue weighted by atomic mass is 16.5. The van der Waals surface area contributed by atoms with Crippen LogP contribution in [0.5, 0.6) is 5.88 Å². The maximum atomic E-state index is 10.2. The van der Waals surface area contributed by atoms with Crippen molar-refractivity contribution in [2.24, 2.45) is 0 Å². The molecule has 14 heavy (non-hydrogen) atoms. The molecule has 0 atom stereocenters. The zero-order valence-corrected chi connectivity index (χ0v) is 8.15. The van der Waals surface area contributed by atoms with Gasteiger partial charge in [0.15, 0.2) is 0 Å². The fraction of sp³-hybridized carbons (Fsp3) is 0.444. The highest BCUT2D eigenvalue weighted by Gasteiger charge is 2.05. The van der Waals surface area contributed by atoms with Crippen LogP contribution in [-0.4, -0.2) is 27.7 Å². The molecule has 0 radical (unpaired) electrons. The molecule has 1 aromatic heterocycles. The number of aryl methyl sites for hydroxylation is 1. The van der Waals surface area contributed by atoms with E-state index in [1.165, 1.54) is 6.33 Å². The van der Waals surface area contributed by atoms with E-state index in [0.717, 1.165) is 11.3 Å². The lowest BCUT2D eigenvalue weighted by Crippen LogP contribution is -2.07. The van der Waals surface area contributed by atoms with Gasteiger partial charge in [-0.15, -0.1) is 0 Å². The third kappa shape index (κ3) is 2.69. The second-order valence-electron chi connectivity index (χ2n) is 2.88. The van der Waals surface area contributed by atoms with Gasteiger partial charge in [-0.1, -0.05) is 0 Å². The van der Waals surface area contributed by atoms with E-state index in [4.69, 9.17) is 9.84 Å². The largest absolute Gasteiger partial charge is 0.481 e. The number of nitrogens with zero attached hydrogens (tertiary/aromatic N) is 2. The van der Waals surface area contributed by atoms with E-state index in [2.05, 4.69) is 9.97 Å². The maximum Gasteiger partial charge on any atom is 0.306 e. The first-order valence-electron chi connectivity index (χ1n) is 4.24. The molecule has 0 aromatic carbocycles. The number of rotatable bonds is 4. The number of carboxylic acids is 1. The maximum absolute atomic E-state index is 10.2. The summed E-state index contributed by atoms with van der Waals surface area (Å²) in [5.74, 6) is -0.424. The number of hydrogen-bond donors (Lipinski definition) is 1. The normalized spacial score (nSPS) is 9.86.